The second kappa shape index (κ2) is 7.58. The normalized spacial score (nSPS) is 14.9. The zero-order valence-electron chi connectivity index (χ0n) is 12.5. The molecule has 1 aliphatic rings. The molecular formula is C18H16N2OS2. The highest BCUT2D eigenvalue weighted by molar-refractivity contribution is 8.16. The van der Waals surface area contributed by atoms with Crippen LogP contribution in [-0.4, -0.2) is 17.4 Å². The van der Waals surface area contributed by atoms with E-state index in [0.29, 0.717) is 15.7 Å². The molecule has 0 bridgehead atoms. The van der Waals surface area contributed by atoms with Crippen LogP contribution in [0.5, 0.6) is 0 Å². The Kier molecular flexibility index (Phi) is 5.27. The molecule has 1 N–H and O–H groups in total. The molecule has 0 radical (unpaired) electrons. The number of hydrogen-bond acceptors (Lipinski definition) is 4. The van der Waals surface area contributed by atoms with Crippen LogP contribution in [0.25, 0.3) is 0 Å². The molecule has 0 spiro atoms. The van der Waals surface area contributed by atoms with E-state index in [4.69, 9.17) is 5.26 Å². The average Bonchev–Trinajstić information content (AvgIpc) is 2.63. The summed E-state index contributed by atoms with van der Waals surface area (Å²) < 4.78 is 0.454. The minimum atomic E-state index is -0.157. The van der Waals surface area contributed by atoms with E-state index in [9.17, 15) is 4.79 Å². The van der Waals surface area contributed by atoms with Gasteiger partial charge >= 0.3 is 0 Å². The Morgan fingerprint density at radius 3 is 2.57 bits per heavy atom. The highest BCUT2D eigenvalue weighted by Crippen LogP contribution is 2.44. The van der Waals surface area contributed by atoms with Gasteiger partial charge in [0, 0.05) is 11.3 Å². The fourth-order valence-corrected chi connectivity index (χ4v) is 5.22. The van der Waals surface area contributed by atoms with E-state index in [0.717, 1.165) is 5.69 Å². The summed E-state index contributed by atoms with van der Waals surface area (Å²) in [5.41, 5.74) is 3.16. The van der Waals surface area contributed by atoms with Crippen LogP contribution in [-0.2, 0) is 0 Å². The Morgan fingerprint density at radius 2 is 1.87 bits per heavy atom. The predicted octanol–water partition coefficient (Wildman–Crippen LogP) is 4.68. The molecule has 23 heavy (non-hydrogen) atoms. The summed E-state index contributed by atoms with van der Waals surface area (Å²) in [6.45, 7) is 0. The van der Waals surface area contributed by atoms with Crippen molar-refractivity contribution in [2.75, 3.05) is 16.8 Å². The number of thioether (sulfide) groups is 2. The number of carbonyl (C=O) groups is 1. The Hall–Kier alpha value is -1.90. The lowest BCUT2D eigenvalue weighted by Crippen LogP contribution is -2.12. The number of nitrogens with one attached hydrogen (secondary N) is 1. The minimum Gasteiger partial charge on any atom is -0.322 e. The van der Waals surface area contributed by atoms with Gasteiger partial charge in [0.05, 0.1) is 16.2 Å². The van der Waals surface area contributed by atoms with E-state index in [1.54, 1.807) is 24.3 Å². The first-order valence-electron chi connectivity index (χ1n) is 7.41. The van der Waals surface area contributed by atoms with E-state index in [1.165, 1.54) is 23.5 Å². The maximum absolute atomic E-state index is 12.3. The molecule has 0 saturated carbocycles. The summed E-state index contributed by atoms with van der Waals surface area (Å²) >= 11 is 3.93. The average molecular weight is 340 g/mol. The zero-order valence-corrected chi connectivity index (χ0v) is 14.1. The zero-order chi connectivity index (χ0) is 16.1. The molecule has 1 saturated heterocycles. The number of hydrogen-bond donors (Lipinski definition) is 1. The van der Waals surface area contributed by atoms with E-state index in [2.05, 4.69) is 23.5 Å². The summed E-state index contributed by atoms with van der Waals surface area (Å²) in [4.78, 5) is 12.3. The molecule has 1 aliphatic heterocycles. The van der Waals surface area contributed by atoms with Crippen molar-refractivity contribution in [3.8, 4) is 6.07 Å². The van der Waals surface area contributed by atoms with Crippen LogP contribution >= 0.6 is 23.5 Å². The van der Waals surface area contributed by atoms with Crippen molar-refractivity contribution >= 4 is 35.1 Å². The molecule has 3 nitrogen and oxygen atoms in total. The second-order valence-electron chi connectivity index (χ2n) is 5.20. The largest absolute Gasteiger partial charge is 0.322 e. The highest BCUT2D eigenvalue weighted by atomic mass is 32.2. The smallest absolute Gasteiger partial charge is 0.255 e. The molecule has 1 amide bonds. The number of benzene rings is 2. The Bertz CT molecular complexity index is 731. The predicted molar refractivity (Wildman–Crippen MR) is 97.8 cm³/mol. The summed E-state index contributed by atoms with van der Waals surface area (Å²) in [6, 6.07) is 16.8. The number of rotatable bonds is 3. The van der Waals surface area contributed by atoms with Gasteiger partial charge in [0.2, 0.25) is 0 Å². The van der Waals surface area contributed by atoms with Crippen molar-refractivity contribution in [3.05, 3.63) is 65.2 Å². The maximum atomic E-state index is 12.3. The number of nitrogens with zero attached hydrogens (tertiary/aromatic N) is 1. The van der Waals surface area contributed by atoms with E-state index in [-0.39, 0.29) is 5.91 Å². The number of nitriles is 1. The van der Waals surface area contributed by atoms with Crippen LogP contribution in [0.3, 0.4) is 0 Å². The van der Waals surface area contributed by atoms with Crippen LogP contribution in [0.2, 0.25) is 0 Å². The van der Waals surface area contributed by atoms with Gasteiger partial charge in [-0.05, 0) is 59.9 Å². The molecule has 0 unspecified atom stereocenters. The van der Waals surface area contributed by atoms with Gasteiger partial charge in [0.15, 0.2) is 0 Å². The van der Waals surface area contributed by atoms with Gasteiger partial charge in [-0.25, -0.2) is 0 Å². The van der Waals surface area contributed by atoms with Gasteiger partial charge < -0.3 is 5.32 Å². The molecule has 2 aromatic rings. The lowest BCUT2D eigenvalue weighted by atomic mass is 10.1. The molecule has 0 aromatic heterocycles. The van der Waals surface area contributed by atoms with Crippen molar-refractivity contribution in [1.29, 1.82) is 5.26 Å². The molecule has 1 heterocycles. The Labute approximate surface area is 144 Å². The van der Waals surface area contributed by atoms with Crippen LogP contribution in [0, 0.1) is 11.3 Å². The molecule has 2 aromatic carbocycles. The molecule has 5 heteroatoms. The third-order valence-electron chi connectivity index (χ3n) is 3.52. The van der Waals surface area contributed by atoms with Crippen molar-refractivity contribution < 1.29 is 4.79 Å². The second-order valence-corrected chi connectivity index (χ2v) is 7.92. The van der Waals surface area contributed by atoms with Gasteiger partial charge in [0.25, 0.3) is 5.91 Å². The van der Waals surface area contributed by atoms with Gasteiger partial charge in [-0.15, -0.1) is 23.5 Å². The first-order valence-corrected chi connectivity index (χ1v) is 9.51. The van der Waals surface area contributed by atoms with Gasteiger partial charge in [-0.2, -0.15) is 5.26 Å². The van der Waals surface area contributed by atoms with Gasteiger partial charge in [-0.3, -0.25) is 4.79 Å². The quantitative estimate of drug-likeness (QED) is 0.881. The molecule has 0 aliphatic carbocycles. The van der Waals surface area contributed by atoms with Crippen molar-refractivity contribution in [1.82, 2.24) is 0 Å². The van der Waals surface area contributed by atoms with E-state index >= 15 is 0 Å². The standard InChI is InChI=1S/C18H16N2OS2/c19-12-13-5-7-14(8-6-13)17(21)20-16-4-1-3-15(11-16)18-22-9-2-10-23-18/h1,3-8,11,18H,2,9-10H2,(H,20,21). The van der Waals surface area contributed by atoms with Crippen LogP contribution in [0.4, 0.5) is 5.69 Å². The number of anilines is 1. The lowest BCUT2D eigenvalue weighted by Gasteiger charge is -2.21. The third kappa shape index (κ3) is 4.10. The Morgan fingerprint density at radius 1 is 1.13 bits per heavy atom. The fraction of sp³-hybridized carbons (Fsp3) is 0.222. The van der Waals surface area contributed by atoms with Crippen molar-refractivity contribution in [2.24, 2.45) is 0 Å². The summed E-state index contributed by atoms with van der Waals surface area (Å²) in [6.07, 6.45) is 1.26. The maximum Gasteiger partial charge on any atom is 0.255 e. The SMILES string of the molecule is N#Cc1ccc(C(=O)Nc2cccc(C3SCCCS3)c2)cc1. The van der Waals surface area contributed by atoms with Crippen LogP contribution < -0.4 is 5.32 Å². The monoisotopic (exact) mass is 340 g/mol. The summed E-state index contributed by atoms with van der Waals surface area (Å²) in [7, 11) is 0. The van der Waals surface area contributed by atoms with Crippen LogP contribution in [0.15, 0.2) is 48.5 Å². The van der Waals surface area contributed by atoms with Crippen molar-refractivity contribution in [3.63, 3.8) is 0 Å². The van der Waals surface area contributed by atoms with E-state index in [1.807, 2.05) is 35.7 Å². The third-order valence-corrected chi connectivity index (χ3v) is 6.54. The topological polar surface area (TPSA) is 52.9 Å². The van der Waals surface area contributed by atoms with Crippen molar-refractivity contribution in [2.45, 2.75) is 11.0 Å². The minimum absolute atomic E-state index is 0.157. The van der Waals surface area contributed by atoms with E-state index < -0.39 is 0 Å². The van der Waals surface area contributed by atoms with Gasteiger partial charge in [0.1, 0.15) is 0 Å². The van der Waals surface area contributed by atoms with Crippen LogP contribution in [0.1, 0.15) is 32.5 Å². The number of amides is 1. The molecule has 1 fully saturated rings. The Balaban J connectivity index is 1.71. The highest BCUT2D eigenvalue weighted by Gasteiger charge is 2.17. The first-order chi connectivity index (χ1) is 11.3. The summed E-state index contributed by atoms with van der Waals surface area (Å²) in [5, 5.41) is 11.7. The molecular weight excluding hydrogens is 324 g/mol. The fourth-order valence-electron chi connectivity index (χ4n) is 2.34. The molecule has 116 valence electrons. The number of carbonyl (C=O) groups excluding carboxylic acids is 1. The molecule has 3 rings (SSSR count). The lowest BCUT2D eigenvalue weighted by molar-refractivity contribution is 0.102. The first kappa shape index (κ1) is 16.0. The summed E-state index contributed by atoms with van der Waals surface area (Å²) in [5.74, 6) is 2.23. The van der Waals surface area contributed by atoms with Gasteiger partial charge in [-0.1, -0.05) is 12.1 Å². The molecule has 0 atom stereocenters.